The lowest BCUT2D eigenvalue weighted by atomic mass is 9.71. The molecule has 1 fully saturated rings. The monoisotopic (exact) mass is 179 g/mol. The SMILES string of the molecule is CC(C)C1C(=O)N(C)C2=CC(C)C21. The molecule has 0 saturated carbocycles. The second-order valence-corrected chi connectivity index (χ2v) is 4.64. The summed E-state index contributed by atoms with van der Waals surface area (Å²) < 4.78 is 0. The number of hydrogen-bond donors (Lipinski definition) is 0. The van der Waals surface area contributed by atoms with Crippen LogP contribution in [0.4, 0.5) is 0 Å². The maximum absolute atomic E-state index is 11.8. The van der Waals surface area contributed by atoms with Crippen LogP contribution >= 0.6 is 0 Å². The average molecular weight is 179 g/mol. The molecule has 0 bridgehead atoms. The van der Waals surface area contributed by atoms with Crippen LogP contribution in [0.25, 0.3) is 0 Å². The molecule has 2 heteroatoms. The quantitative estimate of drug-likeness (QED) is 0.602. The minimum absolute atomic E-state index is 0.236. The number of carbonyl (C=O) groups is 1. The van der Waals surface area contributed by atoms with Gasteiger partial charge in [0.25, 0.3) is 0 Å². The molecule has 1 amide bonds. The first-order valence-electron chi connectivity index (χ1n) is 5.03. The van der Waals surface area contributed by atoms with Crippen LogP contribution in [0.15, 0.2) is 11.8 Å². The van der Waals surface area contributed by atoms with Gasteiger partial charge in [0.2, 0.25) is 5.91 Å². The zero-order valence-corrected chi connectivity index (χ0v) is 8.74. The predicted octanol–water partition coefficient (Wildman–Crippen LogP) is 1.88. The van der Waals surface area contributed by atoms with Crippen molar-refractivity contribution in [3.63, 3.8) is 0 Å². The summed E-state index contributed by atoms with van der Waals surface area (Å²) in [5.41, 5.74) is 1.26. The summed E-state index contributed by atoms with van der Waals surface area (Å²) in [7, 11) is 1.90. The Morgan fingerprint density at radius 1 is 1.46 bits per heavy atom. The van der Waals surface area contributed by atoms with Crippen molar-refractivity contribution in [2.75, 3.05) is 7.05 Å². The molecular formula is C11H17NO. The third kappa shape index (κ3) is 0.976. The number of carbonyl (C=O) groups excluding carboxylic acids is 1. The van der Waals surface area contributed by atoms with Crippen molar-refractivity contribution in [3.05, 3.63) is 11.8 Å². The molecule has 0 N–H and O–H groups in total. The molecule has 0 aromatic heterocycles. The van der Waals surface area contributed by atoms with Crippen molar-refractivity contribution >= 4 is 5.91 Å². The molecular weight excluding hydrogens is 162 g/mol. The Bertz CT molecular complexity index is 280. The molecule has 1 aliphatic carbocycles. The maximum Gasteiger partial charge on any atom is 0.230 e. The summed E-state index contributed by atoms with van der Waals surface area (Å²) in [6.07, 6.45) is 2.21. The van der Waals surface area contributed by atoms with E-state index in [4.69, 9.17) is 0 Å². The normalized spacial score (nSPS) is 37.6. The van der Waals surface area contributed by atoms with Crippen molar-refractivity contribution < 1.29 is 4.79 Å². The van der Waals surface area contributed by atoms with Gasteiger partial charge in [-0.15, -0.1) is 0 Å². The summed E-state index contributed by atoms with van der Waals surface area (Å²) in [6, 6.07) is 0. The lowest BCUT2D eigenvalue weighted by molar-refractivity contribution is -0.130. The van der Waals surface area contributed by atoms with Gasteiger partial charge in [0.15, 0.2) is 0 Å². The van der Waals surface area contributed by atoms with Crippen molar-refractivity contribution in [1.82, 2.24) is 4.90 Å². The van der Waals surface area contributed by atoms with Gasteiger partial charge in [-0.3, -0.25) is 4.79 Å². The van der Waals surface area contributed by atoms with Gasteiger partial charge in [0.1, 0.15) is 0 Å². The van der Waals surface area contributed by atoms with Crippen LogP contribution in [0.2, 0.25) is 0 Å². The minimum Gasteiger partial charge on any atom is -0.319 e. The lowest BCUT2D eigenvalue weighted by Crippen LogP contribution is -2.29. The van der Waals surface area contributed by atoms with Crippen molar-refractivity contribution in [3.8, 4) is 0 Å². The fourth-order valence-corrected chi connectivity index (χ4v) is 2.69. The molecule has 0 aromatic carbocycles. The molecule has 1 saturated heterocycles. The molecule has 2 nitrogen and oxygen atoms in total. The number of hydrogen-bond acceptors (Lipinski definition) is 1. The van der Waals surface area contributed by atoms with Gasteiger partial charge in [-0.1, -0.05) is 26.8 Å². The van der Waals surface area contributed by atoms with Gasteiger partial charge in [0, 0.05) is 24.6 Å². The fraction of sp³-hybridized carbons (Fsp3) is 0.727. The highest BCUT2D eigenvalue weighted by Crippen LogP contribution is 2.49. The van der Waals surface area contributed by atoms with Crippen LogP contribution in [0.1, 0.15) is 20.8 Å². The molecule has 3 unspecified atom stereocenters. The number of amides is 1. The van der Waals surface area contributed by atoms with Crippen molar-refractivity contribution in [1.29, 1.82) is 0 Å². The zero-order chi connectivity index (χ0) is 9.75. The van der Waals surface area contributed by atoms with E-state index in [-0.39, 0.29) is 5.92 Å². The highest BCUT2D eigenvalue weighted by molar-refractivity contribution is 5.85. The Kier molecular flexibility index (Phi) is 1.76. The van der Waals surface area contributed by atoms with Gasteiger partial charge in [-0.05, 0) is 11.8 Å². The van der Waals surface area contributed by atoms with Gasteiger partial charge in [-0.25, -0.2) is 0 Å². The molecule has 0 radical (unpaired) electrons. The molecule has 1 heterocycles. The maximum atomic E-state index is 11.8. The molecule has 13 heavy (non-hydrogen) atoms. The standard InChI is InChI=1S/C11H17NO/c1-6(2)9-10-7(3)5-8(10)12(4)11(9)13/h5-7,9-10H,1-4H3. The molecule has 2 rings (SSSR count). The molecule has 0 spiro atoms. The highest BCUT2D eigenvalue weighted by Gasteiger charge is 2.50. The van der Waals surface area contributed by atoms with Gasteiger partial charge in [0.05, 0.1) is 0 Å². The fourth-order valence-electron chi connectivity index (χ4n) is 2.69. The van der Waals surface area contributed by atoms with Crippen LogP contribution in [0.3, 0.4) is 0 Å². The van der Waals surface area contributed by atoms with Crippen LogP contribution < -0.4 is 0 Å². The Hall–Kier alpha value is -0.790. The van der Waals surface area contributed by atoms with Crippen molar-refractivity contribution in [2.45, 2.75) is 20.8 Å². The third-order valence-electron chi connectivity index (χ3n) is 3.45. The number of rotatable bonds is 1. The Labute approximate surface area is 79.6 Å². The summed E-state index contributed by atoms with van der Waals surface area (Å²) in [5.74, 6) is 2.12. The topological polar surface area (TPSA) is 20.3 Å². The van der Waals surface area contributed by atoms with E-state index in [1.165, 1.54) is 5.70 Å². The third-order valence-corrected chi connectivity index (χ3v) is 3.45. The van der Waals surface area contributed by atoms with E-state index < -0.39 is 0 Å². The molecule has 3 atom stereocenters. The van der Waals surface area contributed by atoms with E-state index in [9.17, 15) is 4.79 Å². The Morgan fingerprint density at radius 3 is 2.46 bits per heavy atom. The molecule has 1 aliphatic heterocycles. The first kappa shape index (κ1) is 8.79. The Morgan fingerprint density at radius 2 is 2.08 bits per heavy atom. The molecule has 2 aliphatic rings. The van der Waals surface area contributed by atoms with Crippen LogP contribution in [0, 0.1) is 23.7 Å². The number of nitrogens with zero attached hydrogens (tertiary/aromatic N) is 1. The van der Waals surface area contributed by atoms with E-state index >= 15 is 0 Å². The van der Waals surface area contributed by atoms with E-state index in [2.05, 4.69) is 26.8 Å². The Balaban J connectivity index is 2.31. The van der Waals surface area contributed by atoms with Gasteiger partial charge in [-0.2, -0.15) is 0 Å². The number of allylic oxidation sites excluding steroid dienone is 2. The summed E-state index contributed by atoms with van der Waals surface area (Å²) in [6.45, 7) is 6.49. The zero-order valence-electron chi connectivity index (χ0n) is 8.74. The van der Waals surface area contributed by atoms with E-state index in [0.717, 1.165) is 0 Å². The van der Waals surface area contributed by atoms with Crippen LogP contribution in [-0.2, 0) is 4.79 Å². The van der Waals surface area contributed by atoms with E-state index in [1.807, 2.05) is 11.9 Å². The number of fused-ring (bicyclic) bond motifs is 1. The first-order chi connectivity index (χ1) is 6.04. The van der Waals surface area contributed by atoms with E-state index in [0.29, 0.717) is 23.7 Å². The summed E-state index contributed by atoms with van der Waals surface area (Å²) >= 11 is 0. The van der Waals surface area contributed by atoms with Crippen LogP contribution in [-0.4, -0.2) is 17.9 Å². The molecule has 72 valence electrons. The summed E-state index contributed by atoms with van der Waals surface area (Å²) in [4.78, 5) is 13.7. The highest BCUT2D eigenvalue weighted by atomic mass is 16.2. The average Bonchev–Trinajstić information content (AvgIpc) is 2.24. The molecule has 0 aromatic rings. The second kappa shape index (κ2) is 2.60. The van der Waals surface area contributed by atoms with Gasteiger partial charge < -0.3 is 4.90 Å². The predicted molar refractivity (Wildman–Crippen MR) is 51.8 cm³/mol. The second-order valence-electron chi connectivity index (χ2n) is 4.64. The van der Waals surface area contributed by atoms with E-state index in [1.54, 1.807) is 0 Å². The lowest BCUT2D eigenvalue weighted by Gasteiger charge is -2.33. The largest absolute Gasteiger partial charge is 0.319 e. The number of likely N-dealkylation sites (tertiary alicyclic amines) is 1. The van der Waals surface area contributed by atoms with Crippen molar-refractivity contribution in [2.24, 2.45) is 23.7 Å². The van der Waals surface area contributed by atoms with Crippen LogP contribution in [0.5, 0.6) is 0 Å². The van der Waals surface area contributed by atoms with Gasteiger partial charge >= 0.3 is 0 Å². The summed E-state index contributed by atoms with van der Waals surface area (Å²) in [5, 5.41) is 0. The smallest absolute Gasteiger partial charge is 0.230 e. The minimum atomic E-state index is 0.236. The first-order valence-corrected chi connectivity index (χ1v) is 5.03.